The normalized spacial score (nSPS) is 25.2. The molecule has 3 atom stereocenters. The van der Waals surface area contributed by atoms with Crippen molar-refractivity contribution < 1.29 is 18.5 Å². The first-order valence-electron chi connectivity index (χ1n) is 12.0. The SMILES string of the molecule is CC(C)(C)[S+]([O-])N1CCC12CC(CO[Si](C)(C)C(C)(C)C)N(C(=O)OCc1ccccc1)C2. The summed E-state index contributed by atoms with van der Waals surface area (Å²) < 4.78 is 27.3. The van der Waals surface area contributed by atoms with E-state index in [0.717, 1.165) is 24.9 Å². The quantitative estimate of drug-likeness (QED) is 0.395. The number of benzene rings is 1. The molecule has 0 saturated carbocycles. The largest absolute Gasteiger partial charge is 0.597 e. The summed E-state index contributed by atoms with van der Waals surface area (Å²) in [6.45, 7) is 19.2. The Morgan fingerprint density at radius 1 is 1.18 bits per heavy atom. The first-order valence-corrected chi connectivity index (χ1v) is 16.0. The van der Waals surface area contributed by atoms with Gasteiger partial charge in [-0.3, -0.25) is 0 Å². The van der Waals surface area contributed by atoms with Gasteiger partial charge in [0.05, 0.1) is 18.2 Å². The summed E-state index contributed by atoms with van der Waals surface area (Å²) in [6.07, 6.45) is 1.39. The summed E-state index contributed by atoms with van der Waals surface area (Å²) in [7, 11) is -1.97. The van der Waals surface area contributed by atoms with E-state index >= 15 is 0 Å². The zero-order chi connectivity index (χ0) is 24.7. The van der Waals surface area contributed by atoms with Crippen LogP contribution in [-0.4, -0.2) is 64.2 Å². The van der Waals surface area contributed by atoms with Gasteiger partial charge in [-0.05, 0) is 57.3 Å². The Morgan fingerprint density at radius 2 is 1.82 bits per heavy atom. The van der Waals surface area contributed by atoms with E-state index in [4.69, 9.17) is 9.16 Å². The van der Waals surface area contributed by atoms with Crippen LogP contribution in [0.5, 0.6) is 0 Å². The van der Waals surface area contributed by atoms with E-state index in [1.54, 1.807) is 0 Å². The number of ether oxygens (including phenoxy) is 1. The second-order valence-corrected chi connectivity index (χ2v) is 19.0. The molecule has 2 heterocycles. The standard InChI is InChI=1S/C25H42N2O4SSi/c1-23(2,3)32(29)27-15-14-25(27)16-21(18-31-33(7,8)24(4,5)6)26(19-25)22(28)30-17-20-12-10-9-11-13-20/h9-13,21H,14-19H2,1-8H3. The van der Waals surface area contributed by atoms with E-state index in [0.29, 0.717) is 13.2 Å². The molecule has 1 spiro atoms. The maximum Gasteiger partial charge on any atom is 0.410 e. The van der Waals surface area contributed by atoms with Crippen molar-refractivity contribution in [3.05, 3.63) is 35.9 Å². The van der Waals surface area contributed by atoms with Crippen LogP contribution in [0.15, 0.2) is 30.3 Å². The van der Waals surface area contributed by atoms with Crippen molar-refractivity contribution in [1.29, 1.82) is 0 Å². The van der Waals surface area contributed by atoms with Crippen molar-refractivity contribution in [3.8, 4) is 0 Å². The van der Waals surface area contributed by atoms with Crippen LogP contribution in [0.25, 0.3) is 0 Å². The molecule has 33 heavy (non-hydrogen) atoms. The summed E-state index contributed by atoms with van der Waals surface area (Å²) in [6, 6.07) is 9.66. The van der Waals surface area contributed by atoms with Gasteiger partial charge in [0.2, 0.25) is 0 Å². The Bertz CT molecular complexity index is 824. The molecule has 0 N–H and O–H groups in total. The van der Waals surface area contributed by atoms with Crippen LogP contribution in [0, 0.1) is 0 Å². The Hall–Kier alpha value is -1.06. The van der Waals surface area contributed by atoms with E-state index in [2.05, 4.69) is 38.2 Å². The highest BCUT2D eigenvalue weighted by atomic mass is 32.2. The third kappa shape index (κ3) is 5.78. The molecule has 3 unspecified atom stereocenters. The third-order valence-corrected chi connectivity index (χ3v) is 14.0. The Kier molecular flexibility index (Phi) is 7.66. The van der Waals surface area contributed by atoms with Crippen LogP contribution >= 0.6 is 0 Å². The molecule has 3 rings (SSSR count). The van der Waals surface area contributed by atoms with Gasteiger partial charge in [-0.15, -0.1) is 4.31 Å². The zero-order valence-corrected chi connectivity index (χ0v) is 23.5. The number of carbonyl (C=O) groups is 1. The number of carbonyl (C=O) groups excluding carboxylic acids is 1. The van der Waals surface area contributed by atoms with E-state index in [1.165, 1.54) is 0 Å². The lowest BCUT2D eigenvalue weighted by molar-refractivity contribution is 0.0621. The molecule has 0 aromatic heterocycles. The van der Waals surface area contributed by atoms with Gasteiger partial charge in [0.1, 0.15) is 11.4 Å². The molecule has 2 aliphatic rings. The molecule has 2 aliphatic heterocycles. The fourth-order valence-electron chi connectivity index (χ4n) is 4.22. The van der Waals surface area contributed by atoms with E-state index < -0.39 is 19.7 Å². The number of hydrogen-bond acceptors (Lipinski definition) is 5. The van der Waals surface area contributed by atoms with Crippen molar-refractivity contribution >= 4 is 25.8 Å². The average molecular weight is 495 g/mol. The van der Waals surface area contributed by atoms with Gasteiger partial charge in [-0.2, -0.15) is 0 Å². The van der Waals surface area contributed by atoms with Gasteiger partial charge in [-0.25, -0.2) is 4.79 Å². The predicted molar refractivity (Wildman–Crippen MR) is 137 cm³/mol. The van der Waals surface area contributed by atoms with E-state index in [-0.39, 0.29) is 34.1 Å². The van der Waals surface area contributed by atoms with Gasteiger partial charge < -0.3 is 18.6 Å². The highest BCUT2D eigenvalue weighted by molar-refractivity contribution is 7.90. The number of amides is 1. The number of nitrogens with zero attached hydrogens (tertiary/aromatic N) is 2. The smallest absolute Gasteiger partial charge is 0.410 e. The summed E-state index contributed by atoms with van der Waals surface area (Å²) >= 11 is -1.11. The van der Waals surface area contributed by atoms with Crippen LogP contribution in [0.1, 0.15) is 59.9 Å². The molecule has 2 fully saturated rings. The molecule has 1 amide bonds. The van der Waals surface area contributed by atoms with Crippen LogP contribution < -0.4 is 0 Å². The van der Waals surface area contributed by atoms with Crippen LogP contribution in [0.3, 0.4) is 0 Å². The number of hydrogen-bond donors (Lipinski definition) is 0. The fraction of sp³-hybridized carbons (Fsp3) is 0.720. The van der Waals surface area contributed by atoms with Crippen LogP contribution in [0.2, 0.25) is 18.1 Å². The van der Waals surface area contributed by atoms with Gasteiger partial charge in [0, 0.05) is 24.5 Å². The molecular weight excluding hydrogens is 452 g/mol. The van der Waals surface area contributed by atoms with E-state index in [9.17, 15) is 9.35 Å². The van der Waals surface area contributed by atoms with Crippen molar-refractivity contribution in [2.24, 2.45) is 0 Å². The molecule has 1 aromatic rings. The van der Waals surface area contributed by atoms with Gasteiger partial charge in [0.15, 0.2) is 8.32 Å². The van der Waals surface area contributed by atoms with Crippen LogP contribution in [0.4, 0.5) is 4.79 Å². The Labute approximate surface area is 204 Å². The Balaban J connectivity index is 1.76. The molecule has 0 bridgehead atoms. The zero-order valence-electron chi connectivity index (χ0n) is 21.6. The van der Waals surface area contributed by atoms with Crippen LogP contribution in [-0.2, 0) is 27.1 Å². The number of likely N-dealkylation sites (tertiary alicyclic amines) is 1. The second kappa shape index (κ2) is 9.53. The predicted octanol–water partition coefficient (Wildman–Crippen LogP) is 5.33. The maximum absolute atomic E-state index is 13.2. The molecule has 6 nitrogen and oxygen atoms in total. The summed E-state index contributed by atoms with van der Waals surface area (Å²) in [5.74, 6) is 0. The lowest BCUT2D eigenvalue weighted by Crippen LogP contribution is -2.66. The fourth-order valence-corrected chi connectivity index (χ4v) is 6.75. The molecule has 0 aliphatic carbocycles. The minimum Gasteiger partial charge on any atom is -0.597 e. The van der Waals surface area contributed by atoms with Gasteiger partial charge >= 0.3 is 6.09 Å². The highest BCUT2D eigenvalue weighted by Gasteiger charge is 2.61. The first-order chi connectivity index (χ1) is 15.2. The number of rotatable bonds is 6. The van der Waals surface area contributed by atoms with Gasteiger partial charge in [0.25, 0.3) is 0 Å². The average Bonchev–Trinajstić information content (AvgIpc) is 3.11. The molecule has 0 radical (unpaired) electrons. The lowest BCUT2D eigenvalue weighted by Gasteiger charge is -2.51. The minimum absolute atomic E-state index is 0.0813. The minimum atomic E-state index is -1.97. The molecule has 2 saturated heterocycles. The molecule has 1 aromatic carbocycles. The van der Waals surface area contributed by atoms with Crippen molar-refractivity contribution in [1.82, 2.24) is 9.21 Å². The summed E-state index contributed by atoms with van der Waals surface area (Å²) in [5, 5.41) is 0.0954. The Morgan fingerprint density at radius 3 is 2.33 bits per heavy atom. The van der Waals surface area contributed by atoms with Crippen molar-refractivity contribution in [2.75, 3.05) is 19.7 Å². The molecule has 186 valence electrons. The summed E-state index contributed by atoms with van der Waals surface area (Å²) in [5.41, 5.74) is 0.707. The highest BCUT2D eigenvalue weighted by Crippen LogP contribution is 2.46. The third-order valence-electron chi connectivity index (χ3n) is 7.44. The summed E-state index contributed by atoms with van der Waals surface area (Å²) in [4.78, 5) is 15.1. The van der Waals surface area contributed by atoms with E-state index in [1.807, 2.05) is 56.0 Å². The van der Waals surface area contributed by atoms with Crippen molar-refractivity contribution in [2.45, 2.75) is 95.5 Å². The monoisotopic (exact) mass is 494 g/mol. The van der Waals surface area contributed by atoms with Gasteiger partial charge in [-0.1, -0.05) is 51.1 Å². The topological polar surface area (TPSA) is 65.1 Å². The maximum atomic E-state index is 13.2. The lowest BCUT2D eigenvalue weighted by atomic mass is 9.85. The molecular formula is C25H42N2O4SSi. The molecule has 8 heteroatoms. The van der Waals surface area contributed by atoms with Crippen molar-refractivity contribution in [3.63, 3.8) is 0 Å². The first kappa shape index (κ1) is 26.5. The second-order valence-electron chi connectivity index (χ2n) is 12.0.